The monoisotopic (exact) mass is 368 g/mol. The molecule has 0 spiro atoms. The lowest BCUT2D eigenvalue weighted by Crippen LogP contribution is -2.31. The molecular weight excluding hydrogens is 344 g/mol. The molecule has 2 N–H and O–H groups in total. The van der Waals surface area contributed by atoms with Gasteiger partial charge in [0.05, 0.1) is 17.4 Å². The van der Waals surface area contributed by atoms with E-state index in [0.717, 1.165) is 34.6 Å². The summed E-state index contributed by atoms with van der Waals surface area (Å²) in [7, 11) is 0. The Bertz CT molecular complexity index is 1120. The van der Waals surface area contributed by atoms with Crippen molar-refractivity contribution in [3.05, 3.63) is 83.6 Å². The SMILES string of the molecule is CC1(C)CC(=O)C2=C(C1)Nc1ccccc1NC2c1cccc2ccccc12. The summed E-state index contributed by atoms with van der Waals surface area (Å²) < 4.78 is 0. The van der Waals surface area contributed by atoms with Crippen molar-refractivity contribution in [2.75, 3.05) is 10.6 Å². The van der Waals surface area contributed by atoms with Crippen molar-refractivity contribution in [3.8, 4) is 0 Å². The highest BCUT2D eigenvalue weighted by molar-refractivity contribution is 6.02. The first-order valence-corrected chi connectivity index (χ1v) is 9.88. The second kappa shape index (κ2) is 6.23. The van der Waals surface area contributed by atoms with Crippen molar-refractivity contribution in [2.45, 2.75) is 32.7 Å². The Morgan fingerprint density at radius 2 is 1.57 bits per heavy atom. The summed E-state index contributed by atoms with van der Waals surface area (Å²) in [5.41, 5.74) is 5.11. The molecular formula is C25H24N2O. The standard InChI is InChI=1S/C25H24N2O/c1-25(2)14-21-23(22(28)15-25)24(27-20-13-6-5-12-19(20)26-21)18-11-7-9-16-8-3-4-10-17(16)18/h3-13,24,26-27H,14-15H2,1-2H3. The molecule has 3 aromatic rings. The third kappa shape index (κ3) is 2.78. The fraction of sp³-hybridized carbons (Fsp3) is 0.240. The summed E-state index contributed by atoms with van der Waals surface area (Å²) in [5, 5.41) is 9.65. The van der Waals surface area contributed by atoms with E-state index in [4.69, 9.17) is 0 Å². The van der Waals surface area contributed by atoms with E-state index in [1.54, 1.807) is 0 Å². The number of ketones is 1. The van der Waals surface area contributed by atoms with Crippen molar-refractivity contribution in [1.82, 2.24) is 0 Å². The van der Waals surface area contributed by atoms with E-state index in [0.29, 0.717) is 6.42 Å². The Morgan fingerprint density at radius 1 is 0.857 bits per heavy atom. The first-order chi connectivity index (χ1) is 13.5. The van der Waals surface area contributed by atoms with E-state index in [1.165, 1.54) is 10.8 Å². The molecule has 1 heterocycles. The number of nitrogens with one attached hydrogen (secondary N) is 2. The molecule has 0 bridgehead atoms. The maximum atomic E-state index is 13.3. The van der Waals surface area contributed by atoms with Crippen molar-refractivity contribution in [3.63, 3.8) is 0 Å². The molecule has 0 amide bonds. The third-order valence-electron chi connectivity index (χ3n) is 5.86. The average Bonchev–Trinajstić information content (AvgIpc) is 2.83. The average molecular weight is 368 g/mol. The molecule has 1 aliphatic heterocycles. The van der Waals surface area contributed by atoms with Gasteiger partial charge in [-0.3, -0.25) is 4.79 Å². The zero-order chi connectivity index (χ0) is 19.3. The van der Waals surface area contributed by atoms with Crippen LogP contribution in [0.5, 0.6) is 0 Å². The van der Waals surface area contributed by atoms with Crippen LogP contribution in [0.4, 0.5) is 11.4 Å². The first kappa shape index (κ1) is 17.1. The fourth-order valence-corrected chi connectivity index (χ4v) is 4.62. The van der Waals surface area contributed by atoms with Crippen LogP contribution in [0.3, 0.4) is 0 Å². The van der Waals surface area contributed by atoms with Gasteiger partial charge >= 0.3 is 0 Å². The van der Waals surface area contributed by atoms with E-state index in [-0.39, 0.29) is 17.2 Å². The van der Waals surface area contributed by atoms with Gasteiger partial charge < -0.3 is 10.6 Å². The minimum atomic E-state index is -0.166. The van der Waals surface area contributed by atoms with Crippen LogP contribution in [0.25, 0.3) is 10.8 Å². The van der Waals surface area contributed by atoms with Crippen LogP contribution in [0.2, 0.25) is 0 Å². The number of hydrogen-bond acceptors (Lipinski definition) is 3. The molecule has 0 saturated carbocycles. The summed E-state index contributed by atoms with van der Waals surface area (Å²) in [5.74, 6) is 0.233. The zero-order valence-electron chi connectivity index (χ0n) is 16.3. The molecule has 3 aromatic carbocycles. The number of allylic oxidation sites excluding steroid dienone is 1. The van der Waals surface area contributed by atoms with Crippen LogP contribution < -0.4 is 10.6 Å². The molecule has 140 valence electrons. The van der Waals surface area contributed by atoms with E-state index in [1.807, 2.05) is 12.1 Å². The first-order valence-electron chi connectivity index (χ1n) is 9.88. The molecule has 1 unspecified atom stereocenters. The van der Waals surface area contributed by atoms with Crippen LogP contribution in [-0.4, -0.2) is 5.78 Å². The van der Waals surface area contributed by atoms with Crippen molar-refractivity contribution in [2.24, 2.45) is 5.41 Å². The Hall–Kier alpha value is -3.07. The number of hydrogen-bond donors (Lipinski definition) is 2. The summed E-state index contributed by atoms with van der Waals surface area (Å²) in [6.45, 7) is 4.35. The molecule has 0 fully saturated rings. The van der Waals surface area contributed by atoms with E-state index in [2.05, 4.69) is 79.1 Å². The number of fused-ring (bicyclic) bond motifs is 2. The second-order valence-corrected chi connectivity index (χ2v) is 8.65. The number of carbonyl (C=O) groups excluding carboxylic acids is 1. The van der Waals surface area contributed by atoms with Crippen LogP contribution in [-0.2, 0) is 4.79 Å². The van der Waals surface area contributed by atoms with Crippen molar-refractivity contribution in [1.29, 1.82) is 0 Å². The number of benzene rings is 3. The summed E-state index contributed by atoms with van der Waals surface area (Å²) in [6, 6.07) is 22.8. The smallest absolute Gasteiger partial charge is 0.163 e. The second-order valence-electron chi connectivity index (χ2n) is 8.65. The maximum absolute atomic E-state index is 13.3. The van der Waals surface area contributed by atoms with Gasteiger partial charge in [-0.15, -0.1) is 0 Å². The lowest BCUT2D eigenvalue weighted by Gasteiger charge is -2.34. The van der Waals surface area contributed by atoms with Gasteiger partial charge in [0.2, 0.25) is 0 Å². The van der Waals surface area contributed by atoms with Gasteiger partial charge in [-0.25, -0.2) is 0 Å². The lowest BCUT2D eigenvalue weighted by molar-refractivity contribution is -0.118. The Morgan fingerprint density at radius 3 is 2.43 bits per heavy atom. The highest BCUT2D eigenvalue weighted by atomic mass is 16.1. The fourth-order valence-electron chi connectivity index (χ4n) is 4.62. The number of Topliss-reactive ketones (excluding diaryl/α,β-unsaturated/α-hetero) is 1. The van der Waals surface area contributed by atoms with E-state index < -0.39 is 0 Å². The maximum Gasteiger partial charge on any atom is 0.163 e. The topological polar surface area (TPSA) is 41.1 Å². The molecule has 1 atom stereocenters. The number of anilines is 2. The minimum Gasteiger partial charge on any atom is -0.372 e. The van der Waals surface area contributed by atoms with Gasteiger partial charge in [0.1, 0.15) is 0 Å². The Balaban J connectivity index is 1.76. The molecule has 0 saturated heterocycles. The van der Waals surface area contributed by atoms with Gasteiger partial charge in [0.25, 0.3) is 0 Å². The predicted molar refractivity (Wildman–Crippen MR) is 115 cm³/mol. The van der Waals surface area contributed by atoms with Crippen LogP contribution in [0.1, 0.15) is 38.3 Å². The quantitative estimate of drug-likeness (QED) is 0.548. The summed E-state index contributed by atoms with van der Waals surface area (Å²) in [4.78, 5) is 13.3. The van der Waals surface area contributed by atoms with Gasteiger partial charge in [-0.2, -0.15) is 0 Å². The number of para-hydroxylation sites is 2. The normalized spacial score (nSPS) is 20.6. The lowest BCUT2D eigenvalue weighted by atomic mass is 9.73. The Labute approximate surface area is 165 Å². The van der Waals surface area contributed by atoms with Gasteiger partial charge in [-0.05, 0) is 40.3 Å². The molecule has 5 rings (SSSR count). The van der Waals surface area contributed by atoms with Crippen molar-refractivity contribution < 1.29 is 4.79 Å². The molecule has 0 radical (unpaired) electrons. The molecule has 1 aliphatic carbocycles. The molecule has 0 aromatic heterocycles. The third-order valence-corrected chi connectivity index (χ3v) is 5.86. The Kier molecular flexibility index (Phi) is 3.80. The highest BCUT2D eigenvalue weighted by Crippen LogP contribution is 2.46. The molecule has 3 nitrogen and oxygen atoms in total. The van der Waals surface area contributed by atoms with Crippen LogP contribution in [0.15, 0.2) is 78.0 Å². The van der Waals surface area contributed by atoms with Crippen LogP contribution >= 0.6 is 0 Å². The van der Waals surface area contributed by atoms with Crippen molar-refractivity contribution >= 4 is 27.9 Å². The summed E-state index contributed by atoms with van der Waals surface area (Å²) in [6.07, 6.45) is 1.44. The van der Waals surface area contributed by atoms with Gasteiger partial charge in [-0.1, -0.05) is 68.4 Å². The predicted octanol–water partition coefficient (Wildman–Crippen LogP) is 6.06. The molecule has 28 heavy (non-hydrogen) atoms. The largest absolute Gasteiger partial charge is 0.372 e. The molecule has 3 heteroatoms. The van der Waals surface area contributed by atoms with E-state index in [9.17, 15) is 4.79 Å². The summed E-state index contributed by atoms with van der Waals surface area (Å²) >= 11 is 0. The molecule has 2 aliphatic rings. The van der Waals surface area contributed by atoms with Gasteiger partial charge in [0, 0.05) is 17.7 Å². The minimum absolute atomic E-state index is 0.0362. The zero-order valence-corrected chi connectivity index (χ0v) is 16.3. The van der Waals surface area contributed by atoms with Crippen LogP contribution in [0, 0.1) is 5.41 Å². The van der Waals surface area contributed by atoms with E-state index >= 15 is 0 Å². The number of rotatable bonds is 1. The highest BCUT2D eigenvalue weighted by Gasteiger charge is 2.38. The number of carbonyl (C=O) groups is 1. The van der Waals surface area contributed by atoms with Gasteiger partial charge in [0.15, 0.2) is 5.78 Å².